The zero-order valence-electron chi connectivity index (χ0n) is 12.9. The quantitative estimate of drug-likeness (QED) is 0.743. The Hall–Kier alpha value is -0.0800. The molecule has 0 N–H and O–H groups in total. The van der Waals surface area contributed by atoms with Gasteiger partial charge in [0.25, 0.3) is 0 Å². The molecule has 0 aromatic carbocycles. The van der Waals surface area contributed by atoms with Crippen LogP contribution in [0.4, 0.5) is 0 Å². The van der Waals surface area contributed by atoms with Crippen LogP contribution in [0.15, 0.2) is 0 Å². The molecule has 2 saturated heterocycles. The van der Waals surface area contributed by atoms with E-state index in [9.17, 15) is 0 Å². The highest BCUT2D eigenvalue weighted by molar-refractivity contribution is 5.08. The van der Waals surface area contributed by atoms with Crippen LogP contribution >= 0.6 is 0 Å². The molecule has 0 aromatic heterocycles. The molecule has 3 aliphatic rings. The van der Waals surface area contributed by atoms with Crippen molar-refractivity contribution in [3.8, 4) is 0 Å². The summed E-state index contributed by atoms with van der Waals surface area (Å²) in [6.07, 6.45) is 4.31. The van der Waals surface area contributed by atoms with Crippen molar-refractivity contribution in [1.29, 1.82) is 0 Å². The fourth-order valence-electron chi connectivity index (χ4n) is 4.77. The first-order valence-corrected chi connectivity index (χ1v) is 7.82. The Bertz CT molecular complexity index is 324. The molecule has 0 radical (unpaired) electrons. The van der Waals surface area contributed by atoms with Gasteiger partial charge in [0.1, 0.15) is 0 Å². The van der Waals surface area contributed by atoms with E-state index < -0.39 is 0 Å². The van der Waals surface area contributed by atoms with Crippen LogP contribution in [-0.2, 0) is 0 Å². The van der Waals surface area contributed by atoms with Crippen LogP contribution in [0.5, 0.6) is 0 Å². The third kappa shape index (κ3) is 1.84. The molecule has 3 rings (SSSR count). The van der Waals surface area contributed by atoms with Crippen LogP contribution in [0.2, 0.25) is 0 Å². The van der Waals surface area contributed by atoms with Gasteiger partial charge in [-0.2, -0.15) is 0 Å². The van der Waals surface area contributed by atoms with Crippen molar-refractivity contribution < 1.29 is 0 Å². The summed E-state index contributed by atoms with van der Waals surface area (Å²) in [6, 6.07) is 0.862. The van der Waals surface area contributed by atoms with Gasteiger partial charge in [-0.1, -0.05) is 0 Å². The van der Waals surface area contributed by atoms with Gasteiger partial charge in [0.15, 0.2) is 0 Å². The van der Waals surface area contributed by atoms with Crippen molar-refractivity contribution >= 4 is 0 Å². The van der Waals surface area contributed by atoms with Gasteiger partial charge >= 0.3 is 0 Å². The third-order valence-corrected chi connectivity index (χ3v) is 5.98. The minimum atomic E-state index is 0.366. The first-order valence-electron chi connectivity index (χ1n) is 7.82. The lowest BCUT2D eigenvalue weighted by molar-refractivity contribution is -0.0280. The van der Waals surface area contributed by atoms with Crippen molar-refractivity contribution in [3.63, 3.8) is 0 Å². The summed E-state index contributed by atoms with van der Waals surface area (Å²) in [5.41, 5.74) is 0.812. The van der Waals surface area contributed by atoms with Gasteiger partial charge in [-0.3, -0.25) is 9.80 Å². The monoisotopic (exact) mass is 250 g/mol. The summed E-state index contributed by atoms with van der Waals surface area (Å²) in [5, 5.41) is 0. The van der Waals surface area contributed by atoms with Gasteiger partial charge in [-0.05, 0) is 78.8 Å². The van der Waals surface area contributed by atoms with Crippen LogP contribution in [0.1, 0.15) is 53.9 Å². The van der Waals surface area contributed by atoms with E-state index in [1.807, 2.05) is 0 Å². The Morgan fingerprint density at radius 3 is 2.00 bits per heavy atom. The second-order valence-corrected chi connectivity index (χ2v) is 8.31. The predicted molar refractivity (Wildman–Crippen MR) is 76.7 cm³/mol. The van der Waals surface area contributed by atoms with E-state index in [2.05, 4.69) is 44.4 Å². The van der Waals surface area contributed by atoms with Gasteiger partial charge in [-0.25, -0.2) is 0 Å². The van der Waals surface area contributed by atoms with E-state index >= 15 is 0 Å². The summed E-state index contributed by atoms with van der Waals surface area (Å²) in [5.74, 6) is 1.88. The van der Waals surface area contributed by atoms with Gasteiger partial charge in [0.2, 0.25) is 0 Å². The number of rotatable bonds is 2. The lowest BCUT2D eigenvalue weighted by atomic mass is 9.76. The molecular weight excluding hydrogens is 220 g/mol. The summed E-state index contributed by atoms with van der Waals surface area (Å²) in [6.45, 7) is 16.2. The van der Waals surface area contributed by atoms with Crippen LogP contribution in [-0.4, -0.2) is 46.6 Å². The highest BCUT2D eigenvalue weighted by Crippen LogP contribution is 2.50. The van der Waals surface area contributed by atoms with Crippen LogP contribution in [0, 0.1) is 11.8 Å². The molecule has 0 amide bonds. The Morgan fingerprint density at radius 1 is 0.944 bits per heavy atom. The first kappa shape index (κ1) is 12.9. The first-order chi connectivity index (χ1) is 8.30. The summed E-state index contributed by atoms with van der Waals surface area (Å²) >= 11 is 0. The molecule has 104 valence electrons. The predicted octanol–water partition coefficient (Wildman–Crippen LogP) is 2.98. The van der Waals surface area contributed by atoms with Crippen molar-refractivity contribution in [2.45, 2.75) is 71.0 Å². The molecule has 1 aliphatic carbocycles. The normalized spacial score (nSPS) is 38.2. The Balaban J connectivity index is 1.70. The van der Waals surface area contributed by atoms with Crippen LogP contribution in [0.3, 0.4) is 0 Å². The van der Waals surface area contributed by atoms with E-state index in [0.29, 0.717) is 11.1 Å². The topological polar surface area (TPSA) is 6.48 Å². The Labute approximate surface area is 113 Å². The highest BCUT2D eigenvalue weighted by Gasteiger charge is 2.53. The second-order valence-electron chi connectivity index (χ2n) is 8.31. The minimum absolute atomic E-state index is 0.366. The summed E-state index contributed by atoms with van der Waals surface area (Å²) < 4.78 is 0. The van der Waals surface area contributed by atoms with Crippen LogP contribution < -0.4 is 0 Å². The van der Waals surface area contributed by atoms with Crippen molar-refractivity contribution in [2.24, 2.45) is 11.8 Å². The molecule has 3 atom stereocenters. The van der Waals surface area contributed by atoms with Crippen molar-refractivity contribution in [1.82, 2.24) is 9.80 Å². The average Bonchev–Trinajstić information content (AvgIpc) is 2.70. The van der Waals surface area contributed by atoms with Gasteiger partial charge in [0, 0.05) is 23.7 Å². The van der Waals surface area contributed by atoms with E-state index in [0.717, 1.165) is 17.9 Å². The molecule has 3 fully saturated rings. The maximum Gasteiger partial charge on any atom is 0.0185 e. The van der Waals surface area contributed by atoms with Gasteiger partial charge < -0.3 is 0 Å². The van der Waals surface area contributed by atoms with E-state index in [-0.39, 0.29) is 0 Å². The fraction of sp³-hybridized carbons (Fsp3) is 1.00. The van der Waals surface area contributed by atoms with Crippen molar-refractivity contribution in [2.75, 3.05) is 19.6 Å². The molecular formula is C16H30N2. The molecule has 2 aliphatic heterocycles. The minimum Gasteiger partial charge on any atom is -0.298 e. The number of fused-ring (bicyclic) bond motifs is 2. The van der Waals surface area contributed by atoms with E-state index in [1.54, 1.807) is 0 Å². The van der Waals surface area contributed by atoms with Crippen LogP contribution in [0.25, 0.3) is 0 Å². The van der Waals surface area contributed by atoms with Gasteiger partial charge in [-0.15, -0.1) is 0 Å². The fourth-order valence-corrected chi connectivity index (χ4v) is 4.77. The molecule has 2 nitrogen and oxygen atoms in total. The zero-order valence-corrected chi connectivity index (χ0v) is 12.9. The van der Waals surface area contributed by atoms with Gasteiger partial charge in [0.05, 0.1) is 0 Å². The zero-order chi connectivity index (χ0) is 13.1. The molecule has 0 aromatic rings. The number of nitrogens with zero attached hydrogens (tertiary/aromatic N) is 2. The lowest BCUT2D eigenvalue weighted by Crippen LogP contribution is -2.59. The second kappa shape index (κ2) is 3.96. The molecule has 3 unspecified atom stereocenters. The number of hydrogen-bond acceptors (Lipinski definition) is 2. The number of hydrogen-bond donors (Lipinski definition) is 0. The third-order valence-electron chi connectivity index (χ3n) is 5.98. The standard InChI is InChI=1S/C16H30N2/c1-15(2,3)18-11-12-9-13(18)10-14(12)16(4,5)17-7-6-8-17/h12-14H,6-11H2,1-5H3. The Morgan fingerprint density at radius 2 is 1.61 bits per heavy atom. The number of piperidine rings is 1. The molecule has 2 heteroatoms. The molecule has 18 heavy (non-hydrogen) atoms. The summed E-state index contributed by atoms with van der Waals surface area (Å²) in [4.78, 5) is 5.49. The lowest BCUT2D eigenvalue weighted by Gasteiger charge is -2.52. The van der Waals surface area contributed by atoms with Crippen molar-refractivity contribution in [3.05, 3.63) is 0 Å². The molecule has 0 spiro atoms. The smallest absolute Gasteiger partial charge is 0.0185 e. The highest BCUT2D eigenvalue weighted by atomic mass is 15.3. The molecule has 2 bridgehead atoms. The van der Waals surface area contributed by atoms with E-state index in [4.69, 9.17) is 0 Å². The SMILES string of the molecule is CC(C)(C)N1CC2CC1CC2C(C)(C)N1CCC1. The van der Waals surface area contributed by atoms with E-state index in [1.165, 1.54) is 38.9 Å². The Kier molecular flexibility index (Phi) is 2.84. The number of likely N-dealkylation sites (tertiary alicyclic amines) is 2. The summed E-state index contributed by atoms with van der Waals surface area (Å²) in [7, 11) is 0. The molecule has 2 heterocycles. The largest absolute Gasteiger partial charge is 0.298 e. The maximum absolute atomic E-state index is 2.76. The maximum atomic E-state index is 2.76. The molecule has 1 saturated carbocycles. The average molecular weight is 250 g/mol.